The van der Waals surface area contributed by atoms with Gasteiger partial charge < -0.3 is 5.32 Å². The third-order valence-corrected chi connectivity index (χ3v) is 5.86. The van der Waals surface area contributed by atoms with Crippen LogP contribution in [0.3, 0.4) is 0 Å². The molecule has 0 aromatic heterocycles. The molecule has 1 amide bonds. The maximum Gasteiger partial charge on any atom is 0.270 e. The minimum Gasteiger partial charge on any atom is -0.353 e. The minimum absolute atomic E-state index is 0.0535. The van der Waals surface area contributed by atoms with Gasteiger partial charge in [0, 0.05) is 30.8 Å². The number of piperazine rings is 1. The number of nitrogens with one attached hydrogen (secondary N) is 1. The van der Waals surface area contributed by atoms with Gasteiger partial charge in [0.15, 0.2) is 0 Å². The third kappa shape index (κ3) is 3.16. The summed E-state index contributed by atoms with van der Waals surface area (Å²) < 4.78 is 41.1. The molecule has 1 unspecified atom stereocenters. The van der Waals surface area contributed by atoms with Gasteiger partial charge in [-0.3, -0.25) is 14.9 Å². The van der Waals surface area contributed by atoms with Crippen molar-refractivity contribution in [3.8, 4) is 0 Å². The summed E-state index contributed by atoms with van der Waals surface area (Å²) >= 11 is 0. The number of nitrogens with zero attached hydrogens (tertiary/aromatic N) is 2. The second kappa shape index (κ2) is 6.81. The smallest absolute Gasteiger partial charge is 0.270 e. The molecule has 2 aromatic carbocycles. The number of amides is 1. The quantitative estimate of drug-likeness (QED) is 0.641. The first-order valence-electron chi connectivity index (χ1n) is 7.61. The van der Waals surface area contributed by atoms with Crippen LogP contribution in [0, 0.1) is 15.9 Å². The van der Waals surface area contributed by atoms with Crippen molar-refractivity contribution >= 4 is 21.6 Å². The number of carbonyl (C=O) groups excluding carboxylic acids is 1. The lowest BCUT2D eigenvalue weighted by molar-refractivity contribution is -0.385. The molecule has 1 aliphatic heterocycles. The first kappa shape index (κ1) is 18.0. The first-order valence-corrected chi connectivity index (χ1v) is 9.05. The average Bonchev–Trinajstić information content (AvgIpc) is 2.62. The highest BCUT2D eigenvalue weighted by atomic mass is 32.2. The number of sulfonamides is 1. The molecular weight excluding hydrogens is 365 g/mol. The van der Waals surface area contributed by atoms with Gasteiger partial charge in [0.2, 0.25) is 15.9 Å². The van der Waals surface area contributed by atoms with Crippen molar-refractivity contribution in [3.63, 3.8) is 0 Å². The fourth-order valence-corrected chi connectivity index (χ4v) is 4.40. The Morgan fingerprint density at radius 3 is 2.62 bits per heavy atom. The largest absolute Gasteiger partial charge is 0.353 e. The molecule has 2 aromatic rings. The number of carbonyl (C=O) groups is 1. The molecule has 1 saturated heterocycles. The second-order valence-corrected chi connectivity index (χ2v) is 7.48. The van der Waals surface area contributed by atoms with E-state index in [-0.39, 0.29) is 23.5 Å². The van der Waals surface area contributed by atoms with Crippen molar-refractivity contribution in [1.82, 2.24) is 9.62 Å². The van der Waals surface area contributed by atoms with Gasteiger partial charge in [0.25, 0.3) is 5.69 Å². The van der Waals surface area contributed by atoms with E-state index in [4.69, 9.17) is 0 Å². The van der Waals surface area contributed by atoms with E-state index in [0.717, 1.165) is 22.5 Å². The van der Waals surface area contributed by atoms with Crippen LogP contribution in [0.5, 0.6) is 0 Å². The average molecular weight is 379 g/mol. The van der Waals surface area contributed by atoms with Gasteiger partial charge in [-0.15, -0.1) is 0 Å². The lowest BCUT2D eigenvalue weighted by atomic mass is 10.0. The molecular formula is C16H14FN3O5S. The van der Waals surface area contributed by atoms with Gasteiger partial charge in [0.1, 0.15) is 11.9 Å². The van der Waals surface area contributed by atoms with E-state index in [0.29, 0.717) is 0 Å². The number of nitro benzene ring substituents is 1. The molecule has 1 atom stereocenters. The van der Waals surface area contributed by atoms with E-state index in [1.54, 1.807) is 0 Å². The van der Waals surface area contributed by atoms with Gasteiger partial charge in [-0.1, -0.05) is 24.3 Å². The van der Waals surface area contributed by atoms with Crippen LogP contribution in [0.2, 0.25) is 0 Å². The first-order chi connectivity index (χ1) is 12.3. The molecule has 1 N–H and O–H groups in total. The van der Waals surface area contributed by atoms with Crippen molar-refractivity contribution < 1.29 is 22.5 Å². The molecule has 0 spiro atoms. The molecule has 136 valence electrons. The van der Waals surface area contributed by atoms with Crippen LogP contribution >= 0.6 is 0 Å². The predicted octanol–water partition coefficient (Wildman–Crippen LogP) is 1.60. The summed E-state index contributed by atoms with van der Waals surface area (Å²) in [5.41, 5.74) is -0.478. The Morgan fingerprint density at radius 2 is 1.92 bits per heavy atom. The van der Waals surface area contributed by atoms with Crippen LogP contribution in [0.4, 0.5) is 10.1 Å². The topological polar surface area (TPSA) is 110 Å². The van der Waals surface area contributed by atoms with Crippen molar-refractivity contribution in [2.45, 2.75) is 10.9 Å². The van der Waals surface area contributed by atoms with E-state index in [1.807, 2.05) is 0 Å². The molecule has 0 saturated carbocycles. The molecule has 0 aliphatic carbocycles. The number of benzene rings is 2. The summed E-state index contributed by atoms with van der Waals surface area (Å²) in [4.78, 5) is 22.2. The van der Waals surface area contributed by atoms with Crippen molar-refractivity contribution in [2.24, 2.45) is 0 Å². The lowest BCUT2D eigenvalue weighted by Gasteiger charge is -2.34. The predicted molar refractivity (Wildman–Crippen MR) is 89.1 cm³/mol. The zero-order valence-electron chi connectivity index (χ0n) is 13.3. The molecule has 1 aliphatic rings. The van der Waals surface area contributed by atoms with Crippen LogP contribution < -0.4 is 5.32 Å². The fraction of sp³-hybridized carbons (Fsp3) is 0.188. The van der Waals surface area contributed by atoms with E-state index in [2.05, 4.69) is 5.32 Å². The second-order valence-electron chi connectivity index (χ2n) is 5.59. The standard InChI is InChI=1S/C16H14FN3O5S/c17-14-7-2-1-6-13(14)15-16(21)18-8-9-19(15)26(24,25)12-5-3-4-11(10-12)20(22)23/h1-7,10,15H,8-9H2,(H,18,21). The fourth-order valence-electron chi connectivity index (χ4n) is 2.79. The van der Waals surface area contributed by atoms with E-state index in [1.165, 1.54) is 30.3 Å². The third-order valence-electron chi connectivity index (χ3n) is 4.00. The van der Waals surface area contributed by atoms with Gasteiger partial charge in [-0.2, -0.15) is 4.31 Å². The molecule has 0 radical (unpaired) electrons. The molecule has 1 fully saturated rings. The maximum absolute atomic E-state index is 14.2. The summed E-state index contributed by atoms with van der Waals surface area (Å²) in [6.45, 7) is -0.0340. The highest BCUT2D eigenvalue weighted by Crippen LogP contribution is 2.31. The Morgan fingerprint density at radius 1 is 1.19 bits per heavy atom. The summed E-state index contributed by atoms with van der Waals surface area (Å²) in [7, 11) is -4.26. The Hall–Kier alpha value is -2.85. The minimum atomic E-state index is -4.26. The SMILES string of the molecule is O=C1NCCN(S(=O)(=O)c2cccc([N+](=O)[O-])c2)C1c1ccccc1F. The molecule has 1 heterocycles. The molecule has 10 heteroatoms. The monoisotopic (exact) mass is 379 g/mol. The Kier molecular flexibility index (Phi) is 4.70. The summed E-state index contributed by atoms with van der Waals surface area (Å²) in [6.07, 6.45) is 0. The van der Waals surface area contributed by atoms with Gasteiger partial charge in [-0.05, 0) is 12.1 Å². The van der Waals surface area contributed by atoms with Crippen LogP contribution in [-0.2, 0) is 14.8 Å². The van der Waals surface area contributed by atoms with Crippen LogP contribution in [-0.4, -0.2) is 36.6 Å². The number of nitro groups is 1. The summed E-state index contributed by atoms with van der Waals surface area (Å²) in [6, 6.07) is 8.53. The Balaban J connectivity index is 2.10. The molecule has 0 bridgehead atoms. The zero-order chi connectivity index (χ0) is 18.9. The zero-order valence-corrected chi connectivity index (χ0v) is 14.1. The van der Waals surface area contributed by atoms with Crippen LogP contribution in [0.1, 0.15) is 11.6 Å². The lowest BCUT2D eigenvalue weighted by Crippen LogP contribution is -2.52. The summed E-state index contributed by atoms with van der Waals surface area (Å²) in [5.74, 6) is -1.37. The number of hydrogen-bond acceptors (Lipinski definition) is 5. The van der Waals surface area contributed by atoms with E-state index in [9.17, 15) is 27.7 Å². The van der Waals surface area contributed by atoms with Crippen molar-refractivity contribution in [3.05, 3.63) is 70.0 Å². The highest BCUT2D eigenvalue weighted by molar-refractivity contribution is 7.89. The molecule has 8 nitrogen and oxygen atoms in total. The van der Waals surface area contributed by atoms with Crippen molar-refractivity contribution in [1.29, 1.82) is 0 Å². The van der Waals surface area contributed by atoms with Crippen molar-refractivity contribution in [2.75, 3.05) is 13.1 Å². The van der Waals surface area contributed by atoms with E-state index >= 15 is 0 Å². The number of hydrogen-bond donors (Lipinski definition) is 1. The van der Waals surface area contributed by atoms with Gasteiger partial charge in [-0.25, -0.2) is 12.8 Å². The number of rotatable bonds is 4. The van der Waals surface area contributed by atoms with Gasteiger partial charge in [0.05, 0.1) is 9.82 Å². The summed E-state index contributed by atoms with van der Waals surface area (Å²) in [5, 5.41) is 13.4. The molecule has 3 rings (SSSR count). The normalized spacial score (nSPS) is 18.3. The van der Waals surface area contributed by atoms with Gasteiger partial charge >= 0.3 is 0 Å². The van der Waals surface area contributed by atoms with E-state index < -0.39 is 38.4 Å². The Labute approximate surface area is 148 Å². The Bertz CT molecular complexity index is 979. The van der Waals surface area contributed by atoms with Crippen LogP contribution in [0.15, 0.2) is 53.4 Å². The number of non-ortho nitro benzene ring substituents is 1. The molecule has 26 heavy (non-hydrogen) atoms. The van der Waals surface area contributed by atoms with Crippen LogP contribution in [0.25, 0.3) is 0 Å². The maximum atomic E-state index is 14.2. The highest BCUT2D eigenvalue weighted by Gasteiger charge is 2.41. The number of halogens is 1.